The number of anilines is 1. The Morgan fingerprint density at radius 2 is 1.80 bits per heavy atom. The molecule has 4 rings (SSSR count). The molecule has 5 nitrogen and oxygen atoms in total. The molecule has 5 heteroatoms. The lowest BCUT2D eigenvalue weighted by molar-refractivity contribution is -0.124. The lowest BCUT2D eigenvalue weighted by Gasteiger charge is -2.49. The fraction of sp³-hybridized carbons (Fsp3) is 0.500. The van der Waals surface area contributed by atoms with Gasteiger partial charge in [-0.2, -0.15) is 0 Å². The van der Waals surface area contributed by atoms with Gasteiger partial charge in [0.25, 0.3) is 0 Å². The standard InChI is InChI=1S/C30H40N2O3/c1-5-6-7-8-9-12-21-35-26-16-15-23(22-27(26)34-4)17-19-30-29(2,3)24-13-10-11-14-25(24)32(30)20-18-28(33)31-30/h10-11,13-17,19,22H,5-9,12,18,20-21H2,1-4H3,(H,31,33)/b19-17+/t30-/m0/s1. The summed E-state index contributed by atoms with van der Waals surface area (Å²) in [6.45, 7) is 8.06. The van der Waals surface area contributed by atoms with Gasteiger partial charge in [0.15, 0.2) is 11.5 Å². The lowest BCUT2D eigenvalue weighted by Crippen LogP contribution is -2.68. The van der Waals surface area contributed by atoms with Crippen LogP contribution in [0.15, 0.2) is 48.5 Å². The van der Waals surface area contributed by atoms with Gasteiger partial charge in [-0.05, 0) is 41.8 Å². The number of methoxy groups -OCH3 is 1. The number of fused-ring (bicyclic) bond motifs is 3. The van der Waals surface area contributed by atoms with Crippen molar-refractivity contribution in [2.45, 2.75) is 76.8 Å². The summed E-state index contributed by atoms with van der Waals surface area (Å²) in [5, 5.41) is 3.34. The molecule has 0 saturated carbocycles. The number of amides is 1. The molecule has 0 aliphatic carbocycles. The van der Waals surface area contributed by atoms with E-state index in [0.717, 1.165) is 23.5 Å². The third-order valence-corrected chi connectivity index (χ3v) is 7.60. The van der Waals surface area contributed by atoms with Crippen molar-refractivity contribution in [3.05, 3.63) is 59.7 Å². The van der Waals surface area contributed by atoms with Crippen LogP contribution >= 0.6 is 0 Å². The van der Waals surface area contributed by atoms with Gasteiger partial charge >= 0.3 is 0 Å². The Balaban J connectivity index is 1.51. The van der Waals surface area contributed by atoms with E-state index in [-0.39, 0.29) is 11.3 Å². The van der Waals surface area contributed by atoms with E-state index >= 15 is 0 Å². The number of rotatable bonds is 11. The van der Waals surface area contributed by atoms with Gasteiger partial charge in [0.1, 0.15) is 5.66 Å². The number of ether oxygens (including phenoxy) is 2. The van der Waals surface area contributed by atoms with Crippen molar-refractivity contribution in [2.24, 2.45) is 0 Å². The third kappa shape index (κ3) is 4.91. The van der Waals surface area contributed by atoms with Crippen molar-refractivity contribution < 1.29 is 14.3 Å². The maximum atomic E-state index is 12.6. The van der Waals surface area contributed by atoms with Crippen LogP contribution in [-0.4, -0.2) is 31.8 Å². The van der Waals surface area contributed by atoms with Crippen LogP contribution in [0.4, 0.5) is 5.69 Å². The van der Waals surface area contributed by atoms with Crippen LogP contribution in [0.1, 0.15) is 76.8 Å². The quantitative estimate of drug-likeness (QED) is 0.378. The molecule has 2 aromatic carbocycles. The topological polar surface area (TPSA) is 50.8 Å². The zero-order chi connectivity index (χ0) is 24.9. The van der Waals surface area contributed by atoms with Crippen LogP contribution in [0, 0.1) is 0 Å². The number of carbonyl (C=O) groups is 1. The van der Waals surface area contributed by atoms with Gasteiger partial charge < -0.3 is 19.7 Å². The molecule has 0 aromatic heterocycles. The highest BCUT2D eigenvalue weighted by Crippen LogP contribution is 2.52. The van der Waals surface area contributed by atoms with Gasteiger partial charge in [-0.15, -0.1) is 0 Å². The molecule has 1 atom stereocenters. The molecule has 35 heavy (non-hydrogen) atoms. The molecular formula is C30H40N2O3. The van der Waals surface area contributed by atoms with Crippen molar-refractivity contribution in [3.8, 4) is 11.5 Å². The zero-order valence-electron chi connectivity index (χ0n) is 21.7. The Morgan fingerprint density at radius 3 is 2.60 bits per heavy atom. The summed E-state index contributed by atoms with van der Waals surface area (Å²) in [4.78, 5) is 14.9. The summed E-state index contributed by atoms with van der Waals surface area (Å²) in [7, 11) is 1.68. The molecule has 2 aliphatic heterocycles. The Hall–Kier alpha value is -2.95. The summed E-state index contributed by atoms with van der Waals surface area (Å²) in [6.07, 6.45) is 12.2. The van der Waals surface area contributed by atoms with E-state index < -0.39 is 5.66 Å². The summed E-state index contributed by atoms with van der Waals surface area (Å²) < 4.78 is 11.7. The maximum Gasteiger partial charge on any atom is 0.223 e. The number of hydrogen-bond acceptors (Lipinski definition) is 4. The molecule has 0 bridgehead atoms. The highest BCUT2D eigenvalue weighted by atomic mass is 16.5. The van der Waals surface area contributed by atoms with E-state index in [4.69, 9.17) is 9.47 Å². The van der Waals surface area contributed by atoms with Crippen LogP contribution in [0.5, 0.6) is 11.5 Å². The first kappa shape index (κ1) is 25.2. The second-order valence-electron chi connectivity index (χ2n) is 10.2. The van der Waals surface area contributed by atoms with Crippen LogP contribution in [0.3, 0.4) is 0 Å². The van der Waals surface area contributed by atoms with Gasteiger partial charge in [0, 0.05) is 24.1 Å². The van der Waals surface area contributed by atoms with Gasteiger partial charge in [-0.25, -0.2) is 0 Å². The molecule has 2 aromatic rings. The van der Waals surface area contributed by atoms with Gasteiger partial charge in [0.2, 0.25) is 5.91 Å². The Labute approximate surface area is 210 Å². The fourth-order valence-electron chi connectivity index (χ4n) is 5.51. The predicted octanol–water partition coefficient (Wildman–Crippen LogP) is 6.46. The van der Waals surface area contributed by atoms with E-state index in [2.05, 4.69) is 73.5 Å². The van der Waals surface area contributed by atoms with E-state index in [0.29, 0.717) is 19.6 Å². The van der Waals surface area contributed by atoms with Crippen molar-refractivity contribution in [3.63, 3.8) is 0 Å². The first-order valence-corrected chi connectivity index (χ1v) is 13.1. The van der Waals surface area contributed by atoms with E-state index in [1.165, 1.54) is 43.4 Å². The SMILES string of the molecule is CCCCCCCCOc1ccc(/C=C/[C@]23NC(=O)CCN2c2ccccc2C3(C)C)cc1OC. The fourth-order valence-corrected chi connectivity index (χ4v) is 5.51. The number of benzene rings is 2. The van der Waals surface area contributed by atoms with Crippen molar-refractivity contribution in [1.82, 2.24) is 5.32 Å². The van der Waals surface area contributed by atoms with E-state index in [1.54, 1.807) is 7.11 Å². The monoisotopic (exact) mass is 476 g/mol. The minimum atomic E-state index is -0.619. The highest BCUT2D eigenvalue weighted by Gasteiger charge is 2.57. The lowest BCUT2D eigenvalue weighted by atomic mass is 9.74. The van der Waals surface area contributed by atoms with E-state index in [1.807, 2.05) is 12.1 Å². The minimum absolute atomic E-state index is 0.0859. The Morgan fingerprint density at radius 1 is 1.03 bits per heavy atom. The normalized spacial score (nSPS) is 20.5. The summed E-state index contributed by atoms with van der Waals surface area (Å²) in [5.41, 5.74) is 2.54. The number of hydrogen-bond donors (Lipinski definition) is 1. The Bertz CT molecular complexity index is 1060. The predicted molar refractivity (Wildman–Crippen MR) is 143 cm³/mol. The number of unbranched alkanes of at least 4 members (excludes halogenated alkanes) is 5. The molecule has 2 aliphatic rings. The van der Waals surface area contributed by atoms with Crippen molar-refractivity contribution in [2.75, 3.05) is 25.2 Å². The van der Waals surface area contributed by atoms with Crippen LogP contribution in [-0.2, 0) is 10.2 Å². The van der Waals surface area contributed by atoms with Crippen LogP contribution < -0.4 is 19.7 Å². The highest BCUT2D eigenvalue weighted by molar-refractivity contribution is 5.84. The van der Waals surface area contributed by atoms with Crippen molar-refractivity contribution >= 4 is 17.7 Å². The molecule has 1 amide bonds. The summed E-state index contributed by atoms with van der Waals surface area (Å²) in [5.74, 6) is 1.59. The smallest absolute Gasteiger partial charge is 0.223 e. The minimum Gasteiger partial charge on any atom is -0.493 e. The average molecular weight is 477 g/mol. The number of nitrogens with zero attached hydrogens (tertiary/aromatic N) is 1. The molecule has 0 unspecified atom stereocenters. The van der Waals surface area contributed by atoms with Gasteiger partial charge in [-0.1, -0.05) is 83.2 Å². The van der Waals surface area contributed by atoms with E-state index in [9.17, 15) is 4.79 Å². The number of nitrogens with one attached hydrogen (secondary N) is 1. The molecule has 2 heterocycles. The van der Waals surface area contributed by atoms with Gasteiger partial charge in [-0.3, -0.25) is 4.79 Å². The molecular weight excluding hydrogens is 436 g/mol. The number of carbonyl (C=O) groups excluding carboxylic acids is 1. The molecule has 1 N–H and O–H groups in total. The first-order chi connectivity index (χ1) is 16.9. The maximum absolute atomic E-state index is 12.6. The zero-order valence-corrected chi connectivity index (χ0v) is 21.7. The first-order valence-electron chi connectivity index (χ1n) is 13.1. The molecule has 0 spiro atoms. The molecule has 188 valence electrons. The molecule has 1 fully saturated rings. The molecule has 1 saturated heterocycles. The van der Waals surface area contributed by atoms with Crippen LogP contribution in [0.25, 0.3) is 6.08 Å². The second-order valence-corrected chi connectivity index (χ2v) is 10.2. The largest absolute Gasteiger partial charge is 0.493 e. The third-order valence-electron chi connectivity index (χ3n) is 7.60. The van der Waals surface area contributed by atoms with Crippen molar-refractivity contribution in [1.29, 1.82) is 0 Å². The summed E-state index contributed by atoms with van der Waals surface area (Å²) >= 11 is 0. The average Bonchev–Trinajstić information content (AvgIpc) is 3.06. The van der Waals surface area contributed by atoms with Gasteiger partial charge in [0.05, 0.1) is 13.7 Å². The Kier molecular flexibility index (Phi) is 7.73. The summed E-state index contributed by atoms with van der Waals surface area (Å²) in [6, 6.07) is 14.5. The van der Waals surface area contributed by atoms with Crippen LogP contribution in [0.2, 0.25) is 0 Å². The number of para-hydroxylation sites is 1. The second kappa shape index (κ2) is 10.8. The molecule has 0 radical (unpaired) electrons.